The van der Waals surface area contributed by atoms with E-state index in [-0.39, 0.29) is 31.1 Å². The molecule has 0 aliphatic carbocycles. The topological polar surface area (TPSA) is 78.9 Å². The highest BCUT2D eigenvalue weighted by atomic mass is 16.6. The normalized spacial score (nSPS) is 12.5. The standard InChI is InChI=1S/C69H122O6/c1-4-7-10-13-16-19-22-25-28-31-32-33-34-35-36-37-38-39-42-44-47-50-53-56-59-62-68(71)74-65-66(75-69(72)63-60-57-54-51-48-45-41-30-27-24-21-18-15-12-9-6-3)64-73-67(70)61-58-55-52-49-46-43-40-29-26-23-20-17-14-11-8-5-2/h7,10,16,19,25,28-30,32-33,40-41,66H,4-6,8-9,11-15,17-18,20-24,26-27,31,34-39,42-65H2,1-3H3/b10-7-,19-16-,28-25-,33-32-,40-29-,41-30-. The molecular weight excluding hydrogens is 925 g/mol. The summed E-state index contributed by atoms with van der Waals surface area (Å²) in [5, 5.41) is 0. The maximum Gasteiger partial charge on any atom is 0.306 e. The molecule has 0 aromatic carbocycles. The van der Waals surface area contributed by atoms with Crippen LogP contribution in [0.5, 0.6) is 0 Å². The van der Waals surface area contributed by atoms with Crippen LogP contribution >= 0.6 is 0 Å². The number of carbonyl (C=O) groups excluding carboxylic acids is 3. The van der Waals surface area contributed by atoms with E-state index in [9.17, 15) is 14.4 Å². The molecule has 6 nitrogen and oxygen atoms in total. The Bertz CT molecular complexity index is 1390. The summed E-state index contributed by atoms with van der Waals surface area (Å²) in [4.78, 5) is 38.3. The Labute approximate surface area is 465 Å². The van der Waals surface area contributed by atoms with Crippen LogP contribution in [-0.2, 0) is 28.6 Å². The fraction of sp³-hybridized carbons (Fsp3) is 0.783. The molecule has 0 rings (SSSR count). The summed E-state index contributed by atoms with van der Waals surface area (Å²) in [6, 6.07) is 0. The molecule has 434 valence electrons. The molecule has 1 atom stereocenters. The van der Waals surface area contributed by atoms with Crippen molar-refractivity contribution in [2.75, 3.05) is 13.2 Å². The highest BCUT2D eigenvalue weighted by Crippen LogP contribution is 2.16. The first-order valence-electron chi connectivity index (χ1n) is 32.4. The molecule has 1 unspecified atom stereocenters. The summed E-state index contributed by atoms with van der Waals surface area (Å²) in [6.07, 6.45) is 81.9. The predicted molar refractivity (Wildman–Crippen MR) is 325 cm³/mol. The number of allylic oxidation sites excluding steroid dienone is 12. The summed E-state index contributed by atoms with van der Waals surface area (Å²) >= 11 is 0. The van der Waals surface area contributed by atoms with E-state index in [2.05, 4.69) is 93.7 Å². The number of hydrogen-bond acceptors (Lipinski definition) is 6. The van der Waals surface area contributed by atoms with Crippen molar-refractivity contribution in [2.24, 2.45) is 0 Å². The van der Waals surface area contributed by atoms with E-state index in [0.29, 0.717) is 19.3 Å². The molecule has 6 heteroatoms. The molecule has 0 saturated carbocycles. The number of rotatable bonds is 59. The molecular formula is C69H122O6. The second-order valence-corrected chi connectivity index (χ2v) is 21.6. The van der Waals surface area contributed by atoms with Crippen molar-refractivity contribution in [3.8, 4) is 0 Å². The fourth-order valence-corrected chi connectivity index (χ4v) is 9.31. The number of carbonyl (C=O) groups is 3. The van der Waals surface area contributed by atoms with Gasteiger partial charge >= 0.3 is 17.9 Å². The highest BCUT2D eigenvalue weighted by Gasteiger charge is 2.19. The second kappa shape index (κ2) is 63.4. The molecule has 0 heterocycles. The Morgan fingerprint density at radius 1 is 0.280 bits per heavy atom. The van der Waals surface area contributed by atoms with Gasteiger partial charge in [0.25, 0.3) is 0 Å². The van der Waals surface area contributed by atoms with Crippen LogP contribution in [0.2, 0.25) is 0 Å². The first-order chi connectivity index (χ1) is 37.0. The van der Waals surface area contributed by atoms with Gasteiger partial charge in [-0.05, 0) is 109 Å². The summed E-state index contributed by atoms with van der Waals surface area (Å²) in [5.74, 6) is -0.883. The van der Waals surface area contributed by atoms with E-state index >= 15 is 0 Å². The smallest absolute Gasteiger partial charge is 0.306 e. The number of unbranched alkanes of at least 4 members (excludes halogenated alkanes) is 36. The van der Waals surface area contributed by atoms with Crippen LogP contribution in [0.4, 0.5) is 0 Å². The third-order valence-electron chi connectivity index (χ3n) is 14.2. The zero-order chi connectivity index (χ0) is 54.3. The van der Waals surface area contributed by atoms with Crippen LogP contribution in [0.15, 0.2) is 72.9 Å². The highest BCUT2D eigenvalue weighted by molar-refractivity contribution is 5.71. The molecule has 0 amide bonds. The van der Waals surface area contributed by atoms with Gasteiger partial charge in [-0.15, -0.1) is 0 Å². The van der Waals surface area contributed by atoms with Crippen molar-refractivity contribution in [2.45, 2.75) is 335 Å². The summed E-state index contributed by atoms with van der Waals surface area (Å²) < 4.78 is 16.9. The SMILES string of the molecule is CC/C=C\C/C=C\C/C=C\C/C=C\CCCCCCCCCCCCCCC(=O)OCC(COC(=O)CCCCCCC/C=C\CCCCCCCCC)OC(=O)CCCCCCC/C=C\CCCCCCCCC. The fourth-order valence-electron chi connectivity index (χ4n) is 9.31. The summed E-state index contributed by atoms with van der Waals surface area (Å²) in [6.45, 7) is 6.55. The van der Waals surface area contributed by atoms with Gasteiger partial charge in [-0.25, -0.2) is 0 Å². The maximum atomic E-state index is 12.9. The first kappa shape index (κ1) is 71.8. The Hall–Kier alpha value is -3.15. The summed E-state index contributed by atoms with van der Waals surface area (Å²) in [5.41, 5.74) is 0. The third kappa shape index (κ3) is 61.6. The van der Waals surface area contributed by atoms with E-state index in [1.54, 1.807) is 0 Å². The molecule has 0 saturated heterocycles. The molecule has 0 bridgehead atoms. The van der Waals surface area contributed by atoms with Crippen molar-refractivity contribution in [1.82, 2.24) is 0 Å². The Morgan fingerprint density at radius 2 is 0.520 bits per heavy atom. The van der Waals surface area contributed by atoms with Crippen molar-refractivity contribution in [1.29, 1.82) is 0 Å². The summed E-state index contributed by atoms with van der Waals surface area (Å²) in [7, 11) is 0. The molecule has 0 fully saturated rings. The minimum atomic E-state index is -0.784. The molecule has 75 heavy (non-hydrogen) atoms. The van der Waals surface area contributed by atoms with Gasteiger partial charge < -0.3 is 14.2 Å². The molecule has 0 N–H and O–H groups in total. The molecule has 0 aliphatic rings. The van der Waals surface area contributed by atoms with Crippen molar-refractivity contribution < 1.29 is 28.6 Å². The van der Waals surface area contributed by atoms with E-state index in [0.717, 1.165) is 103 Å². The molecule has 0 aliphatic heterocycles. The lowest BCUT2D eigenvalue weighted by atomic mass is 10.0. The number of esters is 3. The Kier molecular flexibility index (Phi) is 60.7. The van der Waals surface area contributed by atoms with Gasteiger partial charge in [0.2, 0.25) is 0 Å². The minimum Gasteiger partial charge on any atom is -0.462 e. The van der Waals surface area contributed by atoms with E-state index in [1.807, 2.05) is 0 Å². The first-order valence-corrected chi connectivity index (χ1v) is 32.4. The quantitative estimate of drug-likeness (QED) is 0.0261. The second-order valence-electron chi connectivity index (χ2n) is 21.6. The lowest BCUT2D eigenvalue weighted by Gasteiger charge is -2.18. The van der Waals surface area contributed by atoms with Crippen LogP contribution in [0.1, 0.15) is 329 Å². The van der Waals surface area contributed by atoms with Crippen LogP contribution in [-0.4, -0.2) is 37.2 Å². The van der Waals surface area contributed by atoms with Gasteiger partial charge in [0, 0.05) is 19.3 Å². The van der Waals surface area contributed by atoms with Gasteiger partial charge in [-0.2, -0.15) is 0 Å². The lowest BCUT2D eigenvalue weighted by Crippen LogP contribution is -2.30. The predicted octanol–water partition coefficient (Wildman–Crippen LogP) is 22.1. The van der Waals surface area contributed by atoms with Gasteiger partial charge in [0.1, 0.15) is 13.2 Å². The van der Waals surface area contributed by atoms with Gasteiger partial charge in [-0.1, -0.05) is 273 Å². The van der Waals surface area contributed by atoms with Crippen molar-refractivity contribution in [3.05, 3.63) is 72.9 Å². The third-order valence-corrected chi connectivity index (χ3v) is 14.2. The number of hydrogen-bond donors (Lipinski definition) is 0. The van der Waals surface area contributed by atoms with E-state index in [4.69, 9.17) is 14.2 Å². The molecule has 0 radical (unpaired) electrons. The lowest BCUT2D eigenvalue weighted by molar-refractivity contribution is -0.167. The van der Waals surface area contributed by atoms with Crippen LogP contribution in [0.3, 0.4) is 0 Å². The van der Waals surface area contributed by atoms with Gasteiger partial charge in [0.05, 0.1) is 0 Å². The zero-order valence-corrected chi connectivity index (χ0v) is 49.8. The van der Waals surface area contributed by atoms with Crippen molar-refractivity contribution >= 4 is 17.9 Å². The average Bonchev–Trinajstić information content (AvgIpc) is 3.41. The molecule has 0 aromatic rings. The van der Waals surface area contributed by atoms with Crippen LogP contribution in [0, 0.1) is 0 Å². The van der Waals surface area contributed by atoms with E-state index < -0.39 is 6.10 Å². The largest absolute Gasteiger partial charge is 0.462 e. The van der Waals surface area contributed by atoms with Crippen LogP contribution in [0.25, 0.3) is 0 Å². The van der Waals surface area contributed by atoms with E-state index in [1.165, 1.54) is 186 Å². The number of ether oxygens (including phenoxy) is 3. The van der Waals surface area contributed by atoms with Crippen LogP contribution < -0.4 is 0 Å². The van der Waals surface area contributed by atoms with Gasteiger partial charge in [0.15, 0.2) is 6.10 Å². The molecule has 0 aromatic heterocycles. The molecule has 0 spiro atoms. The zero-order valence-electron chi connectivity index (χ0n) is 49.8. The Balaban J connectivity index is 4.32. The van der Waals surface area contributed by atoms with Crippen molar-refractivity contribution in [3.63, 3.8) is 0 Å². The maximum absolute atomic E-state index is 12.9. The minimum absolute atomic E-state index is 0.0802. The average molecular weight is 1050 g/mol. The Morgan fingerprint density at radius 3 is 0.827 bits per heavy atom. The van der Waals surface area contributed by atoms with Gasteiger partial charge in [-0.3, -0.25) is 14.4 Å². The monoisotopic (exact) mass is 1050 g/mol.